The molecule has 104 valence electrons. The monoisotopic (exact) mass is 266 g/mol. The van der Waals surface area contributed by atoms with Crippen molar-refractivity contribution in [1.29, 1.82) is 0 Å². The average Bonchev–Trinajstić information content (AvgIpc) is 2.81. The Labute approximate surface area is 112 Å². The average molecular weight is 266 g/mol. The standard InChI is InChI=1S/C14H19FN2O2/c1-2-3-11(8-18)16-14(19)13-7-9-6-10(15)4-5-12(9)17-13/h4-6,11,13,17-18H,2-3,7-8H2,1H3,(H,16,19). The van der Waals surface area contributed by atoms with E-state index >= 15 is 0 Å². The predicted octanol–water partition coefficient (Wildman–Crippen LogP) is 1.44. The number of benzene rings is 1. The van der Waals surface area contributed by atoms with Crippen LogP contribution in [0.15, 0.2) is 18.2 Å². The third-order valence-corrected chi connectivity index (χ3v) is 3.34. The van der Waals surface area contributed by atoms with Crippen LogP contribution < -0.4 is 10.6 Å². The number of rotatable bonds is 5. The summed E-state index contributed by atoms with van der Waals surface area (Å²) in [5, 5.41) is 15.1. The van der Waals surface area contributed by atoms with Crippen LogP contribution in [-0.4, -0.2) is 29.7 Å². The fraction of sp³-hybridized carbons (Fsp3) is 0.500. The molecule has 1 aliphatic rings. The second kappa shape index (κ2) is 6.02. The summed E-state index contributed by atoms with van der Waals surface area (Å²) >= 11 is 0. The van der Waals surface area contributed by atoms with Crippen LogP contribution in [-0.2, 0) is 11.2 Å². The zero-order chi connectivity index (χ0) is 13.8. The Balaban J connectivity index is 1.96. The number of hydrogen-bond acceptors (Lipinski definition) is 3. The number of carbonyl (C=O) groups is 1. The van der Waals surface area contributed by atoms with Crippen LogP contribution in [0.5, 0.6) is 0 Å². The van der Waals surface area contributed by atoms with E-state index in [1.807, 2.05) is 6.92 Å². The molecule has 0 spiro atoms. The highest BCUT2D eigenvalue weighted by atomic mass is 19.1. The maximum atomic E-state index is 13.1. The molecule has 1 aliphatic heterocycles. The first-order chi connectivity index (χ1) is 9.13. The van der Waals surface area contributed by atoms with Gasteiger partial charge in [-0.2, -0.15) is 0 Å². The Morgan fingerprint density at radius 3 is 3.11 bits per heavy atom. The molecule has 0 aromatic heterocycles. The summed E-state index contributed by atoms with van der Waals surface area (Å²) in [6.45, 7) is 1.94. The molecule has 2 atom stereocenters. The van der Waals surface area contributed by atoms with E-state index in [2.05, 4.69) is 10.6 Å². The molecule has 0 bridgehead atoms. The van der Waals surface area contributed by atoms with Gasteiger partial charge in [-0.05, 0) is 30.2 Å². The fourth-order valence-corrected chi connectivity index (χ4v) is 2.35. The minimum absolute atomic E-state index is 0.0616. The third kappa shape index (κ3) is 3.23. The van der Waals surface area contributed by atoms with Gasteiger partial charge in [0.15, 0.2) is 0 Å². The Kier molecular flexibility index (Phi) is 4.37. The molecule has 1 aromatic rings. The Hall–Kier alpha value is -1.62. The quantitative estimate of drug-likeness (QED) is 0.755. The van der Waals surface area contributed by atoms with E-state index in [9.17, 15) is 14.3 Å². The molecule has 5 heteroatoms. The van der Waals surface area contributed by atoms with Gasteiger partial charge in [0, 0.05) is 12.1 Å². The first-order valence-electron chi connectivity index (χ1n) is 6.60. The van der Waals surface area contributed by atoms with Crippen LogP contribution in [0.3, 0.4) is 0 Å². The lowest BCUT2D eigenvalue weighted by atomic mass is 10.1. The van der Waals surface area contributed by atoms with Gasteiger partial charge in [-0.15, -0.1) is 0 Å². The number of anilines is 1. The Morgan fingerprint density at radius 1 is 1.63 bits per heavy atom. The van der Waals surface area contributed by atoms with Crippen LogP contribution >= 0.6 is 0 Å². The number of halogens is 1. The van der Waals surface area contributed by atoms with Crippen molar-refractivity contribution in [1.82, 2.24) is 5.32 Å². The van der Waals surface area contributed by atoms with Gasteiger partial charge in [0.1, 0.15) is 11.9 Å². The maximum absolute atomic E-state index is 13.1. The molecule has 2 unspecified atom stereocenters. The van der Waals surface area contributed by atoms with Crippen LogP contribution in [0.1, 0.15) is 25.3 Å². The molecular weight excluding hydrogens is 247 g/mol. The summed E-state index contributed by atoms with van der Waals surface area (Å²) in [5.74, 6) is -0.440. The molecule has 1 heterocycles. The molecule has 1 amide bonds. The summed E-state index contributed by atoms with van der Waals surface area (Å²) in [6, 6.07) is 3.88. The number of aliphatic hydroxyl groups excluding tert-OH is 1. The molecule has 0 fully saturated rings. The zero-order valence-electron chi connectivity index (χ0n) is 10.9. The highest BCUT2D eigenvalue weighted by Gasteiger charge is 2.27. The molecule has 0 aliphatic carbocycles. The number of nitrogens with one attached hydrogen (secondary N) is 2. The number of carbonyl (C=O) groups excluding carboxylic acids is 1. The fourth-order valence-electron chi connectivity index (χ4n) is 2.35. The van der Waals surface area contributed by atoms with Crippen molar-refractivity contribution in [3.63, 3.8) is 0 Å². The van der Waals surface area contributed by atoms with Gasteiger partial charge in [0.25, 0.3) is 0 Å². The van der Waals surface area contributed by atoms with Gasteiger partial charge in [-0.25, -0.2) is 4.39 Å². The molecule has 2 rings (SSSR count). The molecule has 3 N–H and O–H groups in total. The van der Waals surface area contributed by atoms with Crippen molar-refractivity contribution >= 4 is 11.6 Å². The first-order valence-corrected chi connectivity index (χ1v) is 6.60. The van der Waals surface area contributed by atoms with E-state index < -0.39 is 0 Å². The largest absolute Gasteiger partial charge is 0.394 e. The van der Waals surface area contributed by atoms with E-state index in [4.69, 9.17) is 0 Å². The summed E-state index contributed by atoms with van der Waals surface area (Å²) in [4.78, 5) is 12.1. The Morgan fingerprint density at radius 2 is 2.42 bits per heavy atom. The topological polar surface area (TPSA) is 61.4 Å². The molecule has 4 nitrogen and oxygen atoms in total. The molecule has 19 heavy (non-hydrogen) atoms. The SMILES string of the molecule is CCCC(CO)NC(=O)C1Cc2cc(F)ccc2N1. The van der Waals surface area contributed by atoms with Crippen LogP contribution in [0, 0.1) is 5.82 Å². The Bertz CT molecular complexity index is 465. The van der Waals surface area contributed by atoms with Gasteiger partial charge < -0.3 is 15.7 Å². The lowest BCUT2D eigenvalue weighted by molar-refractivity contribution is -0.122. The minimum Gasteiger partial charge on any atom is -0.394 e. The summed E-state index contributed by atoms with van der Waals surface area (Å²) in [6.07, 6.45) is 2.12. The lowest BCUT2D eigenvalue weighted by Gasteiger charge is -2.18. The number of aliphatic hydroxyl groups is 1. The van der Waals surface area contributed by atoms with Crippen LogP contribution in [0.4, 0.5) is 10.1 Å². The highest BCUT2D eigenvalue weighted by molar-refractivity contribution is 5.87. The summed E-state index contributed by atoms with van der Waals surface area (Å²) in [7, 11) is 0. The summed E-state index contributed by atoms with van der Waals surface area (Å²) in [5.41, 5.74) is 1.62. The zero-order valence-corrected chi connectivity index (χ0v) is 10.9. The third-order valence-electron chi connectivity index (χ3n) is 3.34. The number of amides is 1. The van der Waals surface area contributed by atoms with Crippen molar-refractivity contribution < 1.29 is 14.3 Å². The molecular formula is C14H19FN2O2. The number of fused-ring (bicyclic) bond motifs is 1. The first kappa shape index (κ1) is 13.8. The van der Waals surface area contributed by atoms with E-state index in [1.54, 1.807) is 6.07 Å². The predicted molar refractivity (Wildman–Crippen MR) is 71.4 cm³/mol. The van der Waals surface area contributed by atoms with E-state index in [0.29, 0.717) is 6.42 Å². The molecule has 0 saturated carbocycles. The van der Waals surface area contributed by atoms with Gasteiger partial charge in [0.2, 0.25) is 5.91 Å². The van der Waals surface area contributed by atoms with Crippen molar-refractivity contribution in [2.24, 2.45) is 0 Å². The second-order valence-electron chi connectivity index (χ2n) is 4.88. The smallest absolute Gasteiger partial charge is 0.243 e. The van der Waals surface area contributed by atoms with Crippen molar-refractivity contribution in [3.05, 3.63) is 29.6 Å². The van der Waals surface area contributed by atoms with Crippen LogP contribution in [0.2, 0.25) is 0 Å². The van der Waals surface area contributed by atoms with Crippen molar-refractivity contribution in [3.8, 4) is 0 Å². The van der Waals surface area contributed by atoms with Crippen LogP contribution in [0.25, 0.3) is 0 Å². The maximum Gasteiger partial charge on any atom is 0.243 e. The highest BCUT2D eigenvalue weighted by Crippen LogP contribution is 2.26. The molecule has 0 saturated heterocycles. The van der Waals surface area contributed by atoms with Gasteiger partial charge in [-0.3, -0.25) is 4.79 Å². The van der Waals surface area contributed by atoms with E-state index in [-0.39, 0.29) is 30.4 Å². The molecule has 0 radical (unpaired) electrons. The normalized spacial score (nSPS) is 18.6. The van der Waals surface area contributed by atoms with Crippen molar-refractivity contribution in [2.45, 2.75) is 38.3 Å². The van der Waals surface area contributed by atoms with Gasteiger partial charge >= 0.3 is 0 Å². The van der Waals surface area contributed by atoms with Crippen molar-refractivity contribution in [2.75, 3.05) is 11.9 Å². The second-order valence-corrected chi connectivity index (χ2v) is 4.88. The lowest BCUT2D eigenvalue weighted by Crippen LogP contribution is -2.45. The number of hydrogen-bond donors (Lipinski definition) is 3. The molecule has 1 aromatic carbocycles. The van der Waals surface area contributed by atoms with Gasteiger partial charge in [-0.1, -0.05) is 13.3 Å². The van der Waals surface area contributed by atoms with E-state index in [1.165, 1.54) is 12.1 Å². The minimum atomic E-state index is -0.386. The summed E-state index contributed by atoms with van der Waals surface area (Å²) < 4.78 is 13.1. The van der Waals surface area contributed by atoms with Gasteiger partial charge in [0.05, 0.1) is 12.6 Å². The van der Waals surface area contributed by atoms with E-state index in [0.717, 1.165) is 24.1 Å².